The molecule has 0 aromatic heterocycles. The second-order valence-electron chi connectivity index (χ2n) is 3.20. The zero-order valence-corrected chi connectivity index (χ0v) is 11.2. The molecule has 1 aromatic carbocycles. The van der Waals surface area contributed by atoms with Gasteiger partial charge < -0.3 is 5.32 Å². The maximum atomic E-state index is 11.2. The third-order valence-corrected chi connectivity index (χ3v) is 3.37. The largest absolute Gasteiger partial charge is 0.349 e. The van der Waals surface area contributed by atoms with Gasteiger partial charge in [0.25, 0.3) is 0 Å². The molecule has 0 heterocycles. The second kappa shape index (κ2) is 6.18. The molecule has 1 N–H and O–H groups in total. The normalized spacial score (nSPS) is 12.2. The van der Waals surface area contributed by atoms with Crippen LogP contribution < -0.4 is 5.32 Å². The van der Waals surface area contributed by atoms with E-state index in [-0.39, 0.29) is 11.9 Å². The first-order chi connectivity index (χ1) is 7.17. The summed E-state index contributed by atoms with van der Waals surface area (Å²) in [5, 5.41) is 3.24. The second-order valence-corrected chi connectivity index (χ2v) is 4.64. The van der Waals surface area contributed by atoms with E-state index in [0.29, 0.717) is 5.33 Å². The number of thioether (sulfide) groups is 1. The van der Waals surface area contributed by atoms with E-state index in [1.807, 2.05) is 25.3 Å². The van der Waals surface area contributed by atoms with Gasteiger partial charge in [-0.3, -0.25) is 4.79 Å². The Hall–Kier alpha value is -0.480. The number of hydrogen-bond donors (Lipinski definition) is 1. The Kier molecular flexibility index (Phi) is 5.19. The third-order valence-electron chi connectivity index (χ3n) is 2.11. The summed E-state index contributed by atoms with van der Waals surface area (Å²) >= 11 is 4.84. The van der Waals surface area contributed by atoms with Crippen molar-refractivity contribution in [3.05, 3.63) is 29.8 Å². The van der Waals surface area contributed by atoms with Gasteiger partial charge in [-0.1, -0.05) is 28.1 Å². The molecule has 1 aromatic rings. The Labute approximate surface area is 103 Å². The van der Waals surface area contributed by atoms with Crippen molar-refractivity contribution in [2.45, 2.75) is 17.9 Å². The lowest BCUT2D eigenvalue weighted by Gasteiger charge is -2.13. The average molecular weight is 288 g/mol. The van der Waals surface area contributed by atoms with Gasteiger partial charge in [-0.05, 0) is 30.9 Å². The molecule has 0 radical (unpaired) electrons. The van der Waals surface area contributed by atoms with Crippen molar-refractivity contribution in [3.8, 4) is 0 Å². The van der Waals surface area contributed by atoms with Gasteiger partial charge >= 0.3 is 0 Å². The maximum Gasteiger partial charge on any atom is 0.231 e. The lowest BCUT2D eigenvalue weighted by Crippen LogP contribution is -2.27. The van der Waals surface area contributed by atoms with Crippen molar-refractivity contribution in [2.75, 3.05) is 11.6 Å². The number of hydrogen-bond acceptors (Lipinski definition) is 2. The molecule has 1 unspecified atom stereocenters. The quantitative estimate of drug-likeness (QED) is 0.681. The minimum Gasteiger partial charge on any atom is -0.349 e. The Morgan fingerprint density at radius 2 is 2.07 bits per heavy atom. The van der Waals surface area contributed by atoms with Crippen molar-refractivity contribution in [3.63, 3.8) is 0 Å². The first-order valence-electron chi connectivity index (χ1n) is 4.66. The molecule has 0 aliphatic rings. The van der Waals surface area contributed by atoms with Crippen molar-refractivity contribution in [1.29, 1.82) is 0 Å². The highest BCUT2D eigenvalue weighted by Gasteiger charge is 2.07. The van der Waals surface area contributed by atoms with E-state index in [0.717, 1.165) is 5.56 Å². The number of rotatable bonds is 4. The third kappa shape index (κ3) is 3.87. The van der Waals surface area contributed by atoms with Crippen LogP contribution in [0.3, 0.4) is 0 Å². The standard InChI is InChI=1S/C11H14BrNOS/c1-8(13-11(14)7-12)9-3-5-10(15-2)6-4-9/h3-6,8H,7H2,1-2H3,(H,13,14). The molecule has 0 aliphatic carbocycles. The molecule has 82 valence electrons. The molecule has 0 fully saturated rings. The summed E-state index contributed by atoms with van der Waals surface area (Å²) in [5.74, 6) is 0.0106. The van der Waals surface area contributed by atoms with Gasteiger partial charge in [0.2, 0.25) is 5.91 Å². The Morgan fingerprint density at radius 3 is 2.53 bits per heavy atom. The summed E-state index contributed by atoms with van der Waals surface area (Å²) in [6, 6.07) is 8.29. The topological polar surface area (TPSA) is 29.1 Å². The fraction of sp³-hybridized carbons (Fsp3) is 0.364. The molecule has 1 atom stereocenters. The fourth-order valence-electron chi connectivity index (χ4n) is 1.26. The SMILES string of the molecule is CSc1ccc(C(C)NC(=O)CBr)cc1. The fourth-order valence-corrected chi connectivity index (χ4v) is 1.83. The number of amides is 1. The first kappa shape index (κ1) is 12.6. The van der Waals surface area contributed by atoms with Crippen LogP contribution in [0.4, 0.5) is 0 Å². The van der Waals surface area contributed by atoms with Gasteiger partial charge in [-0.2, -0.15) is 0 Å². The van der Waals surface area contributed by atoms with Crippen LogP contribution in [0.5, 0.6) is 0 Å². The van der Waals surface area contributed by atoms with Crippen LogP contribution in [0.25, 0.3) is 0 Å². The van der Waals surface area contributed by atoms with E-state index in [4.69, 9.17) is 0 Å². The molecule has 0 saturated carbocycles. The average Bonchev–Trinajstić information content (AvgIpc) is 2.29. The molecule has 0 bridgehead atoms. The molecule has 0 saturated heterocycles. The predicted molar refractivity (Wildman–Crippen MR) is 68.6 cm³/mol. The summed E-state index contributed by atoms with van der Waals surface area (Å²) < 4.78 is 0. The molecule has 4 heteroatoms. The number of nitrogens with one attached hydrogen (secondary N) is 1. The minimum atomic E-state index is 0.0106. The zero-order valence-electron chi connectivity index (χ0n) is 8.79. The smallest absolute Gasteiger partial charge is 0.231 e. The number of alkyl halides is 1. The molecule has 2 nitrogen and oxygen atoms in total. The lowest BCUT2D eigenvalue weighted by molar-refractivity contribution is -0.119. The highest BCUT2D eigenvalue weighted by molar-refractivity contribution is 9.09. The van der Waals surface area contributed by atoms with Crippen LogP contribution in [0.1, 0.15) is 18.5 Å². The van der Waals surface area contributed by atoms with Crippen LogP contribution in [-0.2, 0) is 4.79 Å². The monoisotopic (exact) mass is 287 g/mol. The molecular formula is C11H14BrNOS. The number of benzene rings is 1. The van der Waals surface area contributed by atoms with Crippen LogP contribution in [0.15, 0.2) is 29.2 Å². The summed E-state index contributed by atoms with van der Waals surface area (Å²) in [6.45, 7) is 1.98. The molecule has 0 spiro atoms. The number of carbonyl (C=O) groups is 1. The van der Waals surface area contributed by atoms with Gasteiger partial charge in [0.1, 0.15) is 0 Å². The Morgan fingerprint density at radius 1 is 1.47 bits per heavy atom. The number of carbonyl (C=O) groups excluding carboxylic acids is 1. The van der Waals surface area contributed by atoms with E-state index in [2.05, 4.69) is 33.4 Å². The summed E-state index contributed by atoms with van der Waals surface area (Å²) in [4.78, 5) is 12.4. The van der Waals surface area contributed by atoms with E-state index in [1.165, 1.54) is 4.90 Å². The van der Waals surface area contributed by atoms with Gasteiger partial charge in [-0.15, -0.1) is 11.8 Å². The molecule has 1 rings (SSSR count). The first-order valence-corrected chi connectivity index (χ1v) is 7.01. The van der Waals surface area contributed by atoms with Gasteiger partial charge in [-0.25, -0.2) is 0 Å². The predicted octanol–water partition coefficient (Wildman–Crippen LogP) is 2.98. The van der Waals surface area contributed by atoms with Crippen LogP contribution in [-0.4, -0.2) is 17.5 Å². The van der Waals surface area contributed by atoms with Crippen molar-refractivity contribution in [2.24, 2.45) is 0 Å². The summed E-state index contributed by atoms with van der Waals surface area (Å²) in [6.07, 6.45) is 2.05. The molecule has 0 aliphatic heterocycles. The summed E-state index contributed by atoms with van der Waals surface area (Å²) in [5.41, 5.74) is 1.13. The van der Waals surface area contributed by atoms with Crippen molar-refractivity contribution < 1.29 is 4.79 Å². The molecule has 15 heavy (non-hydrogen) atoms. The van der Waals surface area contributed by atoms with Gasteiger partial charge in [0, 0.05) is 4.90 Å². The van der Waals surface area contributed by atoms with Crippen LogP contribution in [0, 0.1) is 0 Å². The Bertz CT molecular complexity index is 326. The van der Waals surface area contributed by atoms with Gasteiger partial charge in [0.15, 0.2) is 0 Å². The Balaban J connectivity index is 2.65. The maximum absolute atomic E-state index is 11.2. The van der Waals surface area contributed by atoms with Gasteiger partial charge in [0.05, 0.1) is 11.4 Å². The van der Waals surface area contributed by atoms with Crippen molar-refractivity contribution >= 4 is 33.6 Å². The minimum absolute atomic E-state index is 0.0106. The highest BCUT2D eigenvalue weighted by atomic mass is 79.9. The highest BCUT2D eigenvalue weighted by Crippen LogP contribution is 2.18. The number of halogens is 1. The van der Waals surface area contributed by atoms with E-state index >= 15 is 0 Å². The van der Waals surface area contributed by atoms with E-state index < -0.39 is 0 Å². The van der Waals surface area contributed by atoms with Crippen LogP contribution in [0.2, 0.25) is 0 Å². The van der Waals surface area contributed by atoms with Crippen molar-refractivity contribution in [1.82, 2.24) is 5.32 Å². The van der Waals surface area contributed by atoms with Crippen LogP contribution >= 0.6 is 27.7 Å². The lowest BCUT2D eigenvalue weighted by atomic mass is 10.1. The van der Waals surface area contributed by atoms with E-state index in [1.54, 1.807) is 11.8 Å². The molecular weight excluding hydrogens is 274 g/mol. The molecule has 1 amide bonds. The zero-order chi connectivity index (χ0) is 11.3. The van der Waals surface area contributed by atoms with E-state index in [9.17, 15) is 4.79 Å². The summed E-state index contributed by atoms with van der Waals surface area (Å²) in [7, 11) is 0.